The average Bonchev–Trinajstić information content (AvgIpc) is 2.26. The van der Waals surface area contributed by atoms with Crippen molar-refractivity contribution in [1.82, 2.24) is 0 Å². The van der Waals surface area contributed by atoms with Crippen molar-refractivity contribution in [1.29, 1.82) is 0 Å². The smallest absolute Gasteiger partial charge is 0.232 e. The van der Waals surface area contributed by atoms with Crippen molar-refractivity contribution in [3.8, 4) is 0 Å². The molecule has 0 radical (unpaired) electrons. The van der Waals surface area contributed by atoms with Crippen molar-refractivity contribution < 1.29 is 17.6 Å². The number of halogens is 4. The van der Waals surface area contributed by atoms with Crippen molar-refractivity contribution in [2.45, 2.75) is 12.3 Å². The molecule has 0 saturated heterocycles. The van der Waals surface area contributed by atoms with Crippen LogP contribution in [0, 0.1) is 0 Å². The fourth-order valence-corrected chi connectivity index (χ4v) is 1.65. The van der Waals surface area contributed by atoms with Gasteiger partial charge >= 0.3 is 6.18 Å². The molecule has 2 aromatic rings. The molecule has 0 heterocycles. The largest absolute Gasteiger partial charge is 0.423 e. The van der Waals surface area contributed by atoms with Crippen molar-refractivity contribution in [2.24, 2.45) is 0 Å². The zero-order valence-corrected chi connectivity index (χ0v) is 8.13. The predicted octanol–water partition coefficient (Wildman–Crippen LogP) is 4.41. The molecule has 0 aliphatic rings. The van der Waals surface area contributed by atoms with Gasteiger partial charge in [-0.1, -0.05) is 42.5 Å². The van der Waals surface area contributed by atoms with E-state index in [-0.39, 0.29) is 5.56 Å². The Morgan fingerprint density at radius 1 is 0.875 bits per heavy atom. The average molecular weight is 228 g/mol. The van der Waals surface area contributed by atoms with Gasteiger partial charge in [-0.25, -0.2) is 4.39 Å². The van der Waals surface area contributed by atoms with Crippen LogP contribution in [0.4, 0.5) is 17.6 Å². The molecule has 1 unspecified atom stereocenters. The van der Waals surface area contributed by atoms with Crippen LogP contribution in [-0.2, 0) is 0 Å². The van der Waals surface area contributed by atoms with Gasteiger partial charge in [-0.05, 0) is 10.8 Å². The minimum Gasteiger partial charge on any atom is -0.232 e. The summed E-state index contributed by atoms with van der Waals surface area (Å²) in [6.45, 7) is 0. The highest BCUT2D eigenvalue weighted by Gasteiger charge is 2.41. The molecule has 0 spiro atoms. The number of benzene rings is 2. The Kier molecular flexibility index (Phi) is 2.58. The van der Waals surface area contributed by atoms with E-state index in [9.17, 15) is 17.6 Å². The lowest BCUT2D eigenvalue weighted by Crippen LogP contribution is -2.16. The molecule has 84 valence electrons. The van der Waals surface area contributed by atoms with E-state index in [1.807, 2.05) is 0 Å². The van der Waals surface area contributed by atoms with Crippen LogP contribution >= 0.6 is 0 Å². The van der Waals surface area contributed by atoms with E-state index in [0.29, 0.717) is 10.8 Å². The van der Waals surface area contributed by atoms with Crippen LogP contribution in [0.3, 0.4) is 0 Å². The number of fused-ring (bicyclic) bond motifs is 1. The number of hydrogen-bond donors (Lipinski definition) is 0. The van der Waals surface area contributed by atoms with Gasteiger partial charge in [0.2, 0.25) is 6.17 Å². The molecule has 1 atom stereocenters. The Morgan fingerprint density at radius 2 is 1.50 bits per heavy atom. The van der Waals surface area contributed by atoms with Crippen LogP contribution in [0.1, 0.15) is 11.7 Å². The number of alkyl halides is 4. The first-order valence-electron chi connectivity index (χ1n) is 4.68. The summed E-state index contributed by atoms with van der Waals surface area (Å²) >= 11 is 0. The summed E-state index contributed by atoms with van der Waals surface area (Å²) < 4.78 is 50.1. The van der Waals surface area contributed by atoms with Gasteiger partial charge in [0.15, 0.2) is 0 Å². The zero-order chi connectivity index (χ0) is 11.8. The summed E-state index contributed by atoms with van der Waals surface area (Å²) in [5, 5.41) is 0.904. The number of hydrogen-bond acceptors (Lipinski definition) is 0. The normalized spacial score (nSPS) is 14.0. The highest BCUT2D eigenvalue weighted by Crippen LogP contribution is 2.38. The molecule has 0 nitrogen and oxygen atoms in total. The minimum absolute atomic E-state index is 0.301. The third-order valence-electron chi connectivity index (χ3n) is 2.38. The van der Waals surface area contributed by atoms with Crippen LogP contribution in [0.15, 0.2) is 42.5 Å². The minimum atomic E-state index is -4.86. The van der Waals surface area contributed by atoms with Crippen molar-refractivity contribution in [3.05, 3.63) is 48.0 Å². The maximum absolute atomic E-state index is 13.2. The lowest BCUT2D eigenvalue weighted by Gasteiger charge is -2.14. The predicted molar refractivity (Wildman–Crippen MR) is 53.9 cm³/mol. The summed E-state index contributed by atoms with van der Waals surface area (Å²) in [5.74, 6) is 0. The van der Waals surface area contributed by atoms with Crippen LogP contribution in [-0.4, -0.2) is 6.18 Å². The first-order chi connectivity index (χ1) is 7.50. The van der Waals surface area contributed by atoms with Gasteiger partial charge in [0.1, 0.15) is 0 Å². The Morgan fingerprint density at radius 3 is 2.19 bits per heavy atom. The van der Waals surface area contributed by atoms with Gasteiger partial charge in [0.25, 0.3) is 0 Å². The Bertz CT molecular complexity index is 496. The molecule has 0 aromatic heterocycles. The van der Waals surface area contributed by atoms with E-state index >= 15 is 0 Å². The second kappa shape index (κ2) is 3.77. The molecule has 0 bridgehead atoms. The van der Waals surface area contributed by atoms with E-state index in [2.05, 4.69) is 0 Å². The van der Waals surface area contributed by atoms with Gasteiger partial charge in [0, 0.05) is 5.56 Å². The maximum Gasteiger partial charge on any atom is 0.423 e. The second-order valence-electron chi connectivity index (χ2n) is 3.47. The first-order valence-corrected chi connectivity index (χ1v) is 4.68. The molecule has 0 fully saturated rings. The summed E-state index contributed by atoms with van der Waals surface area (Å²) in [7, 11) is 0. The first kappa shape index (κ1) is 10.9. The molecule has 4 heteroatoms. The van der Waals surface area contributed by atoms with E-state index in [0.717, 1.165) is 0 Å². The third kappa shape index (κ3) is 1.87. The number of rotatable bonds is 1. The van der Waals surface area contributed by atoms with Crippen molar-refractivity contribution in [3.63, 3.8) is 0 Å². The van der Waals surface area contributed by atoms with Gasteiger partial charge in [-0.2, -0.15) is 13.2 Å². The zero-order valence-electron chi connectivity index (χ0n) is 8.13. The molecule has 0 aliphatic heterocycles. The molecule has 16 heavy (non-hydrogen) atoms. The monoisotopic (exact) mass is 228 g/mol. The quantitative estimate of drug-likeness (QED) is 0.634. The van der Waals surface area contributed by atoms with Gasteiger partial charge < -0.3 is 0 Å². The van der Waals surface area contributed by atoms with Crippen LogP contribution in [0.2, 0.25) is 0 Å². The standard InChI is InChI=1S/C12H8F4/c13-11(12(14,15)16)10-7-3-5-8-4-1-2-6-9(8)10/h1-7,11H. The molecular weight excluding hydrogens is 220 g/mol. The lowest BCUT2D eigenvalue weighted by molar-refractivity contribution is -0.182. The van der Waals surface area contributed by atoms with E-state index < -0.39 is 12.3 Å². The lowest BCUT2D eigenvalue weighted by atomic mass is 10.0. The highest BCUT2D eigenvalue weighted by atomic mass is 19.4. The second-order valence-corrected chi connectivity index (χ2v) is 3.47. The van der Waals surface area contributed by atoms with Crippen molar-refractivity contribution >= 4 is 10.8 Å². The van der Waals surface area contributed by atoms with Gasteiger partial charge in [-0.3, -0.25) is 0 Å². The molecule has 0 amide bonds. The summed E-state index contributed by atoms with van der Waals surface area (Å²) in [5.41, 5.74) is -0.328. The summed E-state index contributed by atoms with van der Waals surface area (Å²) in [4.78, 5) is 0. The summed E-state index contributed by atoms with van der Waals surface area (Å²) in [6, 6.07) is 10.7. The third-order valence-corrected chi connectivity index (χ3v) is 2.38. The van der Waals surface area contributed by atoms with Crippen molar-refractivity contribution in [2.75, 3.05) is 0 Å². The fraction of sp³-hybridized carbons (Fsp3) is 0.167. The Hall–Kier alpha value is -1.58. The fourth-order valence-electron chi connectivity index (χ4n) is 1.65. The van der Waals surface area contributed by atoms with Crippen LogP contribution in [0.25, 0.3) is 10.8 Å². The SMILES string of the molecule is FC(c1cccc2ccccc12)C(F)(F)F. The summed E-state index contributed by atoms with van der Waals surface area (Å²) in [6.07, 6.45) is -7.79. The molecule has 0 saturated carbocycles. The van der Waals surface area contributed by atoms with Gasteiger partial charge in [-0.15, -0.1) is 0 Å². The maximum atomic E-state index is 13.2. The molecule has 0 aliphatic carbocycles. The molecule has 2 rings (SSSR count). The van der Waals surface area contributed by atoms with Gasteiger partial charge in [0.05, 0.1) is 0 Å². The van der Waals surface area contributed by atoms with Crippen LogP contribution < -0.4 is 0 Å². The molecule has 0 N–H and O–H groups in total. The van der Waals surface area contributed by atoms with E-state index in [1.54, 1.807) is 24.3 Å². The Labute approximate surface area is 89.5 Å². The molecular formula is C12H8F4. The Balaban J connectivity index is 2.61. The highest BCUT2D eigenvalue weighted by molar-refractivity contribution is 5.86. The van der Waals surface area contributed by atoms with E-state index in [4.69, 9.17) is 0 Å². The molecule has 2 aromatic carbocycles. The topological polar surface area (TPSA) is 0 Å². The van der Waals surface area contributed by atoms with E-state index in [1.165, 1.54) is 18.2 Å². The van der Waals surface area contributed by atoms with Crippen LogP contribution in [0.5, 0.6) is 0 Å².